The first-order valence-electron chi connectivity index (χ1n) is 11.3. The Morgan fingerprint density at radius 3 is 2.55 bits per heavy atom. The summed E-state index contributed by atoms with van der Waals surface area (Å²) >= 11 is 6.03. The third-order valence-corrected chi connectivity index (χ3v) is 6.59. The van der Waals surface area contributed by atoms with Crippen LogP contribution in [0.5, 0.6) is 0 Å². The van der Waals surface area contributed by atoms with Gasteiger partial charge in [-0.15, -0.1) is 0 Å². The van der Waals surface area contributed by atoms with Gasteiger partial charge in [-0.25, -0.2) is 4.79 Å². The molecule has 0 aliphatic carbocycles. The summed E-state index contributed by atoms with van der Waals surface area (Å²) in [5.41, 5.74) is 4.90. The van der Waals surface area contributed by atoms with Crippen LogP contribution in [-0.2, 0) is 6.42 Å². The number of carbonyl (C=O) groups is 1. The zero-order chi connectivity index (χ0) is 21.8. The van der Waals surface area contributed by atoms with Gasteiger partial charge < -0.3 is 9.80 Å². The summed E-state index contributed by atoms with van der Waals surface area (Å²) in [4.78, 5) is 19.5. The van der Waals surface area contributed by atoms with Gasteiger partial charge in [0, 0.05) is 36.9 Å². The van der Waals surface area contributed by atoms with Gasteiger partial charge in [0.05, 0.1) is 0 Å². The van der Waals surface area contributed by atoms with Crippen molar-refractivity contribution in [1.82, 2.24) is 9.80 Å². The Bertz CT molecular complexity index is 930. The van der Waals surface area contributed by atoms with Crippen molar-refractivity contribution in [3.05, 3.63) is 70.3 Å². The molecular formula is C26H32ClN3O. The quantitative estimate of drug-likeness (QED) is 0.616. The number of fused-ring (bicyclic) bond motifs is 1. The van der Waals surface area contributed by atoms with Crippen LogP contribution in [0.15, 0.2) is 48.5 Å². The normalized spacial score (nSPS) is 17.4. The van der Waals surface area contributed by atoms with Gasteiger partial charge in [-0.1, -0.05) is 42.0 Å². The minimum atomic E-state index is 0.159. The molecule has 0 bridgehead atoms. The van der Waals surface area contributed by atoms with Crippen molar-refractivity contribution in [1.29, 1.82) is 0 Å². The molecule has 31 heavy (non-hydrogen) atoms. The lowest BCUT2D eigenvalue weighted by Gasteiger charge is -2.38. The molecule has 2 aliphatic rings. The third-order valence-electron chi connectivity index (χ3n) is 6.34. The van der Waals surface area contributed by atoms with E-state index < -0.39 is 0 Å². The fraction of sp³-hybridized carbons (Fsp3) is 0.423. The Balaban J connectivity index is 1.41. The molecule has 1 saturated heterocycles. The number of urea groups is 1. The summed E-state index contributed by atoms with van der Waals surface area (Å²) in [6.07, 6.45) is 8.41. The molecule has 2 aromatic carbocycles. The smallest absolute Gasteiger partial charge is 0.324 e. The van der Waals surface area contributed by atoms with Gasteiger partial charge in [-0.05, 0) is 86.7 Å². The molecule has 2 aliphatic heterocycles. The Morgan fingerprint density at radius 2 is 1.84 bits per heavy atom. The highest BCUT2D eigenvalue weighted by atomic mass is 35.5. The summed E-state index contributed by atoms with van der Waals surface area (Å²) in [6, 6.07) is 14.8. The number of aryl methyl sites for hydroxylation is 1. The standard InChI is InChI=1S/C26H32ClN3O/c1-28(2)15-3-5-20-7-12-25-23(19-20)6-4-16-30(25)26(31)29-17-13-22(14-18-29)21-8-10-24(27)11-9-21/h3,5,7-12,19,22H,4,6,13-18H2,1-2H3/b5-3+. The van der Waals surface area contributed by atoms with Crippen molar-refractivity contribution < 1.29 is 4.79 Å². The summed E-state index contributed by atoms with van der Waals surface area (Å²) in [5.74, 6) is 0.506. The van der Waals surface area contributed by atoms with Crippen molar-refractivity contribution in [2.45, 2.75) is 31.6 Å². The maximum absolute atomic E-state index is 13.4. The maximum atomic E-state index is 13.4. The van der Waals surface area contributed by atoms with E-state index in [0.717, 1.165) is 62.6 Å². The van der Waals surface area contributed by atoms with Crippen molar-refractivity contribution in [2.75, 3.05) is 45.2 Å². The Kier molecular flexibility index (Phi) is 6.99. The van der Waals surface area contributed by atoms with Gasteiger partial charge >= 0.3 is 6.03 Å². The molecule has 5 heteroatoms. The highest BCUT2D eigenvalue weighted by Crippen LogP contribution is 2.32. The van der Waals surface area contributed by atoms with Gasteiger partial charge in [0.1, 0.15) is 0 Å². The van der Waals surface area contributed by atoms with E-state index in [2.05, 4.69) is 61.5 Å². The SMILES string of the molecule is CN(C)C/C=C/c1ccc2c(c1)CCCN2C(=O)N1CCC(c2ccc(Cl)cc2)CC1. The molecule has 4 rings (SSSR count). The van der Waals surface area contributed by atoms with Crippen molar-refractivity contribution in [3.8, 4) is 0 Å². The molecule has 2 aromatic rings. The molecule has 0 unspecified atom stereocenters. The summed E-state index contributed by atoms with van der Waals surface area (Å²) in [6.45, 7) is 3.35. The molecule has 2 amide bonds. The van der Waals surface area contributed by atoms with E-state index in [0.29, 0.717) is 5.92 Å². The van der Waals surface area contributed by atoms with Gasteiger partial charge in [0.25, 0.3) is 0 Å². The van der Waals surface area contributed by atoms with Crippen LogP contribution in [0, 0.1) is 0 Å². The predicted molar refractivity (Wildman–Crippen MR) is 130 cm³/mol. The van der Waals surface area contributed by atoms with Gasteiger partial charge in [0.2, 0.25) is 0 Å². The molecule has 0 spiro atoms. The number of nitrogens with zero attached hydrogens (tertiary/aromatic N) is 3. The second-order valence-electron chi connectivity index (χ2n) is 8.90. The van der Waals surface area contributed by atoms with E-state index in [1.807, 2.05) is 21.9 Å². The lowest BCUT2D eigenvalue weighted by molar-refractivity contribution is 0.187. The molecule has 0 N–H and O–H groups in total. The minimum Gasteiger partial charge on any atom is -0.324 e. The first kappa shape index (κ1) is 21.9. The van der Waals surface area contributed by atoms with E-state index >= 15 is 0 Å². The first-order valence-corrected chi connectivity index (χ1v) is 11.6. The molecule has 0 aromatic heterocycles. The highest BCUT2D eigenvalue weighted by Gasteiger charge is 2.30. The summed E-state index contributed by atoms with van der Waals surface area (Å²) < 4.78 is 0. The minimum absolute atomic E-state index is 0.159. The second-order valence-corrected chi connectivity index (χ2v) is 9.34. The molecular weight excluding hydrogens is 406 g/mol. The lowest BCUT2D eigenvalue weighted by atomic mass is 9.89. The average molecular weight is 438 g/mol. The topological polar surface area (TPSA) is 26.8 Å². The molecule has 4 nitrogen and oxygen atoms in total. The van der Waals surface area contributed by atoms with Crippen LogP contribution in [0.3, 0.4) is 0 Å². The monoisotopic (exact) mass is 437 g/mol. The zero-order valence-electron chi connectivity index (χ0n) is 18.6. The van der Waals surface area contributed by atoms with Crippen LogP contribution in [0.25, 0.3) is 6.08 Å². The van der Waals surface area contributed by atoms with Gasteiger partial charge in [-0.2, -0.15) is 0 Å². The number of amides is 2. The molecule has 0 radical (unpaired) electrons. The van der Waals surface area contributed by atoms with Crippen LogP contribution in [-0.4, -0.2) is 56.1 Å². The predicted octanol–water partition coefficient (Wildman–Crippen LogP) is 5.67. The largest absolute Gasteiger partial charge is 0.324 e. The molecule has 0 atom stereocenters. The Hall–Kier alpha value is -2.30. The maximum Gasteiger partial charge on any atom is 0.324 e. The number of carbonyl (C=O) groups excluding carboxylic acids is 1. The van der Waals surface area contributed by atoms with E-state index in [9.17, 15) is 4.79 Å². The van der Waals surface area contributed by atoms with Crippen molar-refractivity contribution >= 4 is 29.4 Å². The Morgan fingerprint density at radius 1 is 1.10 bits per heavy atom. The zero-order valence-corrected chi connectivity index (χ0v) is 19.3. The lowest BCUT2D eigenvalue weighted by Crippen LogP contribution is -2.48. The molecule has 164 valence electrons. The average Bonchev–Trinajstić information content (AvgIpc) is 2.78. The van der Waals surface area contributed by atoms with E-state index in [4.69, 9.17) is 11.6 Å². The fourth-order valence-electron chi connectivity index (χ4n) is 4.63. The number of likely N-dealkylation sites (N-methyl/N-ethyl adjacent to an activating group) is 1. The van der Waals surface area contributed by atoms with Crippen LogP contribution >= 0.6 is 11.6 Å². The van der Waals surface area contributed by atoms with Crippen LogP contribution in [0.2, 0.25) is 5.02 Å². The van der Waals surface area contributed by atoms with E-state index in [1.54, 1.807) is 0 Å². The van der Waals surface area contributed by atoms with Crippen molar-refractivity contribution in [3.63, 3.8) is 0 Å². The third kappa shape index (κ3) is 5.31. The number of hydrogen-bond acceptors (Lipinski definition) is 2. The van der Waals surface area contributed by atoms with Crippen LogP contribution in [0.1, 0.15) is 41.9 Å². The summed E-state index contributed by atoms with van der Waals surface area (Å²) in [7, 11) is 4.14. The molecule has 0 saturated carbocycles. The van der Waals surface area contributed by atoms with Crippen molar-refractivity contribution in [2.24, 2.45) is 0 Å². The number of hydrogen-bond donors (Lipinski definition) is 0. The number of piperidine rings is 1. The molecule has 2 heterocycles. The Labute approximate surface area is 191 Å². The van der Waals surface area contributed by atoms with Crippen LogP contribution < -0.4 is 4.90 Å². The number of rotatable bonds is 4. The van der Waals surface area contributed by atoms with E-state index in [1.165, 1.54) is 16.7 Å². The number of anilines is 1. The first-order chi connectivity index (χ1) is 15.0. The van der Waals surface area contributed by atoms with E-state index in [-0.39, 0.29) is 6.03 Å². The fourth-order valence-corrected chi connectivity index (χ4v) is 4.75. The molecule has 1 fully saturated rings. The number of halogens is 1. The summed E-state index contributed by atoms with van der Waals surface area (Å²) in [5, 5.41) is 0.775. The van der Waals surface area contributed by atoms with Gasteiger partial charge in [-0.3, -0.25) is 4.90 Å². The highest BCUT2D eigenvalue weighted by molar-refractivity contribution is 6.30. The van der Waals surface area contributed by atoms with Gasteiger partial charge in [0.15, 0.2) is 0 Å². The number of benzene rings is 2. The van der Waals surface area contributed by atoms with Crippen LogP contribution in [0.4, 0.5) is 10.5 Å². The second kappa shape index (κ2) is 9.88. The number of likely N-dealkylation sites (tertiary alicyclic amines) is 1.